The van der Waals surface area contributed by atoms with Crippen LogP contribution in [-0.4, -0.2) is 21.9 Å². The van der Waals surface area contributed by atoms with Gasteiger partial charge in [-0.05, 0) is 19.1 Å². The molecule has 5 heteroatoms. The van der Waals surface area contributed by atoms with E-state index in [4.69, 9.17) is 0 Å². The minimum Gasteiger partial charge on any atom is -0.507 e. The Kier molecular flexibility index (Phi) is 2.94. The largest absolute Gasteiger partial charge is 0.507 e. The minimum absolute atomic E-state index is 0.102. The lowest BCUT2D eigenvalue weighted by Crippen LogP contribution is -2.07. The van der Waals surface area contributed by atoms with Gasteiger partial charge in [0.1, 0.15) is 11.3 Å². The summed E-state index contributed by atoms with van der Waals surface area (Å²) in [6, 6.07) is 2.56. The number of rotatable bonds is 2. The van der Waals surface area contributed by atoms with Crippen molar-refractivity contribution in [1.29, 1.82) is 0 Å². The van der Waals surface area contributed by atoms with E-state index >= 15 is 0 Å². The third-order valence-electron chi connectivity index (χ3n) is 1.82. The molecule has 0 spiro atoms. The molecular weight excluding hydrogens is 198 g/mol. The first-order chi connectivity index (χ1) is 6.93. The summed E-state index contributed by atoms with van der Waals surface area (Å²) < 4.78 is 0. The minimum atomic E-state index is -0.475. The highest BCUT2D eigenvalue weighted by molar-refractivity contribution is 6.02. The fourth-order valence-electron chi connectivity index (χ4n) is 1.22. The molecule has 1 aromatic rings. The Morgan fingerprint density at radius 3 is 2.27 bits per heavy atom. The molecule has 0 aromatic heterocycles. The number of anilines is 1. The smallest absolute Gasteiger partial charge is 0.221 e. The Bertz CT molecular complexity index is 426. The van der Waals surface area contributed by atoms with Gasteiger partial charge in [0.05, 0.1) is 5.69 Å². The van der Waals surface area contributed by atoms with Crippen molar-refractivity contribution in [1.82, 2.24) is 0 Å². The summed E-state index contributed by atoms with van der Waals surface area (Å²) in [5, 5.41) is 21.3. The molecule has 80 valence electrons. The van der Waals surface area contributed by atoms with E-state index in [1.54, 1.807) is 0 Å². The molecule has 3 N–H and O–H groups in total. The standard InChI is InChI=1S/C10H11NO4/c1-5(12)9-8(14)4-3-7(10(9)15)11-6(2)13/h3-4,14-15H,1-2H3,(H,11,13). The average Bonchev–Trinajstić information content (AvgIpc) is 2.09. The zero-order chi connectivity index (χ0) is 11.6. The van der Waals surface area contributed by atoms with Gasteiger partial charge in [-0.15, -0.1) is 0 Å². The molecule has 1 aromatic carbocycles. The molecule has 5 nitrogen and oxygen atoms in total. The number of Topliss-reactive ketones (excluding diaryl/α,β-unsaturated/α-hetero) is 1. The van der Waals surface area contributed by atoms with Crippen LogP contribution in [0.15, 0.2) is 12.1 Å². The number of hydrogen-bond acceptors (Lipinski definition) is 4. The van der Waals surface area contributed by atoms with Crippen molar-refractivity contribution < 1.29 is 19.8 Å². The predicted octanol–water partition coefficient (Wildman–Crippen LogP) is 1.26. The number of aromatic hydroxyl groups is 2. The topological polar surface area (TPSA) is 86.6 Å². The molecule has 0 saturated heterocycles. The molecular formula is C10H11NO4. The van der Waals surface area contributed by atoms with Crippen molar-refractivity contribution in [2.45, 2.75) is 13.8 Å². The number of carbonyl (C=O) groups excluding carboxylic acids is 2. The van der Waals surface area contributed by atoms with Crippen LogP contribution in [-0.2, 0) is 4.79 Å². The monoisotopic (exact) mass is 209 g/mol. The van der Waals surface area contributed by atoms with Crippen LogP contribution in [0.4, 0.5) is 5.69 Å². The number of benzene rings is 1. The summed E-state index contributed by atoms with van der Waals surface area (Å²) in [4.78, 5) is 21.9. The van der Waals surface area contributed by atoms with E-state index in [9.17, 15) is 19.8 Å². The van der Waals surface area contributed by atoms with Gasteiger partial charge in [0.25, 0.3) is 0 Å². The van der Waals surface area contributed by atoms with Gasteiger partial charge in [-0.25, -0.2) is 0 Å². The number of phenols is 2. The number of ketones is 1. The van der Waals surface area contributed by atoms with E-state index in [1.807, 2.05) is 0 Å². The Balaban J connectivity index is 3.28. The van der Waals surface area contributed by atoms with Crippen LogP contribution in [0.1, 0.15) is 24.2 Å². The molecule has 0 radical (unpaired) electrons. The number of hydrogen-bond donors (Lipinski definition) is 3. The molecule has 1 rings (SSSR count). The summed E-state index contributed by atoms with van der Waals surface area (Å²) in [5.74, 6) is -1.57. The fraction of sp³-hybridized carbons (Fsp3) is 0.200. The van der Waals surface area contributed by atoms with E-state index in [2.05, 4.69) is 5.32 Å². The van der Waals surface area contributed by atoms with E-state index in [-0.39, 0.29) is 22.9 Å². The first-order valence-corrected chi connectivity index (χ1v) is 4.27. The van der Waals surface area contributed by atoms with Crippen molar-refractivity contribution in [3.05, 3.63) is 17.7 Å². The van der Waals surface area contributed by atoms with Gasteiger partial charge in [0, 0.05) is 6.92 Å². The van der Waals surface area contributed by atoms with Crippen LogP contribution in [0.3, 0.4) is 0 Å². The summed E-state index contributed by atoms with van der Waals surface area (Å²) >= 11 is 0. The average molecular weight is 209 g/mol. The van der Waals surface area contributed by atoms with Crippen LogP contribution in [0.5, 0.6) is 11.5 Å². The Labute approximate surface area is 86.4 Å². The van der Waals surface area contributed by atoms with Crippen molar-refractivity contribution in [3.63, 3.8) is 0 Å². The second-order valence-electron chi connectivity index (χ2n) is 3.09. The van der Waals surface area contributed by atoms with Crippen LogP contribution in [0.2, 0.25) is 0 Å². The molecule has 0 heterocycles. The molecule has 0 aliphatic carbocycles. The first kappa shape index (κ1) is 11.0. The van der Waals surface area contributed by atoms with Crippen molar-refractivity contribution in [2.75, 3.05) is 5.32 Å². The Hall–Kier alpha value is -2.04. The molecule has 0 aliphatic rings. The number of nitrogens with one attached hydrogen (secondary N) is 1. The van der Waals surface area contributed by atoms with E-state index in [1.165, 1.54) is 26.0 Å². The van der Waals surface area contributed by atoms with Crippen LogP contribution < -0.4 is 5.32 Å². The maximum Gasteiger partial charge on any atom is 0.221 e. The molecule has 0 saturated carbocycles. The van der Waals surface area contributed by atoms with Gasteiger partial charge in [0.15, 0.2) is 11.5 Å². The van der Waals surface area contributed by atoms with Gasteiger partial charge in [-0.1, -0.05) is 0 Å². The summed E-state index contributed by atoms with van der Waals surface area (Å²) in [5.41, 5.74) is -0.0910. The second-order valence-corrected chi connectivity index (χ2v) is 3.09. The summed E-state index contributed by atoms with van der Waals surface area (Å²) in [6.07, 6.45) is 0. The summed E-state index contributed by atoms with van der Waals surface area (Å²) in [6.45, 7) is 2.49. The van der Waals surface area contributed by atoms with E-state index < -0.39 is 11.5 Å². The maximum absolute atomic E-state index is 11.1. The quantitative estimate of drug-likeness (QED) is 0.388. The van der Waals surface area contributed by atoms with Gasteiger partial charge in [-0.2, -0.15) is 0 Å². The lowest BCUT2D eigenvalue weighted by atomic mass is 10.1. The van der Waals surface area contributed by atoms with Gasteiger partial charge in [-0.3, -0.25) is 9.59 Å². The van der Waals surface area contributed by atoms with Gasteiger partial charge in [0.2, 0.25) is 5.91 Å². The zero-order valence-corrected chi connectivity index (χ0v) is 8.37. The number of amides is 1. The molecule has 0 unspecified atom stereocenters. The Morgan fingerprint density at radius 1 is 1.20 bits per heavy atom. The highest BCUT2D eigenvalue weighted by Crippen LogP contribution is 2.34. The number of phenolic OH excluding ortho intramolecular Hbond substituents is 2. The molecule has 1 amide bonds. The van der Waals surface area contributed by atoms with Crippen LogP contribution in [0, 0.1) is 0 Å². The summed E-state index contributed by atoms with van der Waals surface area (Å²) in [7, 11) is 0. The maximum atomic E-state index is 11.1. The third-order valence-corrected chi connectivity index (χ3v) is 1.82. The highest BCUT2D eigenvalue weighted by Gasteiger charge is 2.16. The van der Waals surface area contributed by atoms with Gasteiger partial charge >= 0.3 is 0 Å². The number of carbonyl (C=O) groups is 2. The fourth-order valence-corrected chi connectivity index (χ4v) is 1.22. The molecule has 15 heavy (non-hydrogen) atoms. The molecule has 0 atom stereocenters. The Morgan fingerprint density at radius 2 is 1.80 bits per heavy atom. The normalized spacial score (nSPS) is 9.73. The van der Waals surface area contributed by atoms with Crippen LogP contribution in [0.25, 0.3) is 0 Å². The molecule has 0 fully saturated rings. The van der Waals surface area contributed by atoms with Crippen molar-refractivity contribution in [2.24, 2.45) is 0 Å². The lowest BCUT2D eigenvalue weighted by Gasteiger charge is -2.09. The van der Waals surface area contributed by atoms with Crippen molar-refractivity contribution >= 4 is 17.4 Å². The zero-order valence-electron chi connectivity index (χ0n) is 8.37. The highest BCUT2D eigenvalue weighted by atomic mass is 16.3. The van der Waals surface area contributed by atoms with E-state index in [0.717, 1.165) is 0 Å². The third kappa shape index (κ3) is 2.25. The van der Waals surface area contributed by atoms with Gasteiger partial charge < -0.3 is 15.5 Å². The van der Waals surface area contributed by atoms with Crippen molar-refractivity contribution in [3.8, 4) is 11.5 Å². The molecule has 0 bridgehead atoms. The first-order valence-electron chi connectivity index (χ1n) is 4.27. The predicted molar refractivity (Wildman–Crippen MR) is 54.1 cm³/mol. The molecule has 0 aliphatic heterocycles. The SMILES string of the molecule is CC(=O)Nc1ccc(O)c(C(C)=O)c1O. The second kappa shape index (κ2) is 4.00. The van der Waals surface area contributed by atoms with Crippen LogP contribution >= 0.6 is 0 Å². The van der Waals surface area contributed by atoms with E-state index in [0.29, 0.717) is 0 Å². The lowest BCUT2D eigenvalue weighted by molar-refractivity contribution is -0.114.